The summed E-state index contributed by atoms with van der Waals surface area (Å²) in [4.78, 5) is 4.40. The van der Waals surface area contributed by atoms with Gasteiger partial charge in [-0.2, -0.15) is 5.10 Å². The number of anilines is 2. The molecule has 5 rings (SSSR count). The highest BCUT2D eigenvalue weighted by Crippen LogP contribution is 2.44. The standard InChI is InChI=1S/C28H24N2O2S2/c1-2-9-23-14-15-24(33-23)16-17-25-27-28(32-19-18-31-27)26(34-25)20-29-30(21-10-5-3-6-11-21)22-12-7-4-8-13-22/h2-17,20H,18-19H2,1H3/b9-2+,17-16+,29-20+. The number of thiophene rings is 2. The van der Waals surface area contributed by atoms with Gasteiger partial charge in [-0.1, -0.05) is 42.5 Å². The molecule has 0 aliphatic carbocycles. The number of para-hydroxylation sites is 2. The molecule has 0 amide bonds. The molecule has 0 N–H and O–H groups in total. The molecule has 1 aliphatic heterocycles. The largest absolute Gasteiger partial charge is 0.485 e. The lowest BCUT2D eigenvalue weighted by molar-refractivity contribution is 0.173. The molecule has 0 radical (unpaired) electrons. The van der Waals surface area contributed by atoms with Crippen LogP contribution in [0.3, 0.4) is 0 Å². The zero-order valence-electron chi connectivity index (χ0n) is 18.8. The number of hydrogen-bond donors (Lipinski definition) is 0. The van der Waals surface area contributed by atoms with Crippen LogP contribution in [0.25, 0.3) is 18.2 Å². The lowest BCUT2D eigenvalue weighted by atomic mass is 10.2. The molecule has 0 atom stereocenters. The van der Waals surface area contributed by atoms with Gasteiger partial charge in [-0.25, -0.2) is 5.01 Å². The topological polar surface area (TPSA) is 34.1 Å². The average molecular weight is 485 g/mol. The summed E-state index contributed by atoms with van der Waals surface area (Å²) in [6.45, 7) is 3.11. The second-order valence-electron chi connectivity index (χ2n) is 7.49. The van der Waals surface area contributed by atoms with Crippen molar-refractivity contribution in [2.45, 2.75) is 6.92 Å². The number of hydrogen-bond acceptors (Lipinski definition) is 6. The number of rotatable bonds is 7. The van der Waals surface area contributed by atoms with Crippen LogP contribution >= 0.6 is 22.7 Å². The Kier molecular flexibility index (Phi) is 6.89. The Labute approximate surface area is 207 Å². The van der Waals surface area contributed by atoms with Crippen LogP contribution in [0.5, 0.6) is 11.5 Å². The van der Waals surface area contributed by atoms with Gasteiger partial charge in [0.05, 0.1) is 27.3 Å². The normalized spacial score (nSPS) is 13.3. The van der Waals surface area contributed by atoms with Crippen LogP contribution in [0.15, 0.2) is 84.0 Å². The van der Waals surface area contributed by atoms with E-state index in [2.05, 4.69) is 36.4 Å². The zero-order chi connectivity index (χ0) is 23.2. The Hall–Kier alpha value is -3.61. The Morgan fingerprint density at radius 1 is 0.706 bits per heavy atom. The molecule has 0 saturated carbocycles. The Morgan fingerprint density at radius 2 is 1.29 bits per heavy atom. The second-order valence-corrected chi connectivity index (χ2v) is 9.72. The van der Waals surface area contributed by atoms with Crippen LogP contribution in [-0.2, 0) is 0 Å². The van der Waals surface area contributed by atoms with Crippen molar-refractivity contribution in [1.82, 2.24) is 0 Å². The number of fused-ring (bicyclic) bond motifs is 1. The Bertz CT molecular complexity index is 1280. The average Bonchev–Trinajstić information content (AvgIpc) is 3.49. The second kappa shape index (κ2) is 10.5. The van der Waals surface area contributed by atoms with Crippen molar-refractivity contribution in [2.24, 2.45) is 5.10 Å². The smallest absolute Gasteiger partial charge is 0.181 e. The molecule has 2 aromatic heterocycles. The van der Waals surface area contributed by atoms with Crippen LogP contribution in [0.2, 0.25) is 0 Å². The van der Waals surface area contributed by atoms with Crippen LogP contribution in [-0.4, -0.2) is 19.4 Å². The van der Waals surface area contributed by atoms with E-state index in [-0.39, 0.29) is 0 Å². The van der Waals surface area contributed by atoms with Gasteiger partial charge in [0.25, 0.3) is 0 Å². The van der Waals surface area contributed by atoms with Gasteiger partial charge in [-0.15, -0.1) is 22.7 Å². The Balaban J connectivity index is 1.47. The van der Waals surface area contributed by atoms with E-state index >= 15 is 0 Å². The van der Waals surface area contributed by atoms with E-state index in [1.54, 1.807) is 22.7 Å². The summed E-state index contributed by atoms with van der Waals surface area (Å²) < 4.78 is 12.0. The number of allylic oxidation sites excluding steroid dienone is 1. The van der Waals surface area contributed by atoms with Gasteiger partial charge in [0.2, 0.25) is 0 Å². The highest BCUT2D eigenvalue weighted by atomic mass is 32.1. The fraction of sp³-hybridized carbons (Fsp3) is 0.107. The summed E-state index contributed by atoms with van der Waals surface area (Å²) in [6, 6.07) is 24.5. The van der Waals surface area contributed by atoms with Gasteiger partial charge in [0.15, 0.2) is 11.5 Å². The lowest BCUT2D eigenvalue weighted by Crippen LogP contribution is -2.15. The van der Waals surface area contributed by atoms with Crippen LogP contribution < -0.4 is 14.5 Å². The maximum Gasteiger partial charge on any atom is 0.181 e. The molecule has 2 aromatic carbocycles. The predicted octanol–water partition coefficient (Wildman–Crippen LogP) is 7.96. The maximum atomic E-state index is 6.00. The first kappa shape index (κ1) is 22.2. The van der Waals surface area contributed by atoms with E-state index in [0.717, 1.165) is 32.6 Å². The molecule has 0 spiro atoms. The molecular weight excluding hydrogens is 460 g/mol. The van der Waals surface area contributed by atoms with Gasteiger partial charge in [-0.3, -0.25) is 0 Å². The van der Waals surface area contributed by atoms with E-state index in [0.29, 0.717) is 13.2 Å². The third-order valence-corrected chi connectivity index (χ3v) is 7.19. The van der Waals surface area contributed by atoms with E-state index in [4.69, 9.17) is 14.6 Å². The monoisotopic (exact) mass is 484 g/mol. The number of hydrazone groups is 1. The molecular formula is C28H24N2O2S2. The minimum absolute atomic E-state index is 0.534. The SMILES string of the molecule is C/C=C/c1ccc(/C=C/c2sc(/C=N/N(c3ccccc3)c3ccccc3)c3c2OCCO3)s1. The molecule has 0 fully saturated rings. The van der Waals surface area contributed by atoms with Gasteiger partial charge < -0.3 is 9.47 Å². The van der Waals surface area contributed by atoms with Gasteiger partial charge >= 0.3 is 0 Å². The molecule has 0 bridgehead atoms. The molecule has 0 unspecified atom stereocenters. The molecule has 0 saturated heterocycles. The summed E-state index contributed by atoms with van der Waals surface area (Å²) in [7, 11) is 0. The van der Waals surface area contributed by atoms with E-state index in [9.17, 15) is 0 Å². The van der Waals surface area contributed by atoms with Crippen molar-refractivity contribution in [3.63, 3.8) is 0 Å². The fourth-order valence-corrected chi connectivity index (χ4v) is 5.44. The molecule has 170 valence electrons. The highest BCUT2D eigenvalue weighted by Gasteiger charge is 2.22. The first-order valence-electron chi connectivity index (χ1n) is 11.1. The third-order valence-electron chi connectivity index (χ3n) is 5.12. The molecule has 34 heavy (non-hydrogen) atoms. The Morgan fingerprint density at radius 3 is 1.91 bits per heavy atom. The van der Waals surface area contributed by atoms with Crippen molar-refractivity contribution < 1.29 is 9.47 Å². The third kappa shape index (κ3) is 4.98. The van der Waals surface area contributed by atoms with Crippen molar-refractivity contribution in [2.75, 3.05) is 18.2 Å². The maximum absolute atomic E-state index is 6.00. The fourth-order valence-electron chi connectivity index (χ4n) is 3.59. The van der Waals surface area contributed by atoms with E-state index in [1.807, 2.05) is 78.8 Å². The van der Waals surface area contributed by atoms with Crippen molar-refractivity contribution >= 4 is 58.5 Å². The summed E-state index contributed by atoms with van der Waals surface area (Å²) in [5.41, 5.74) is 1.98. The highest BCUT2D eigenvalue weighted by molar-refractivity contribution is 7.15. The molecule has 1 aliphatic rings. The molecule has 3 heterocycles. The van der Waals surface area contributed by atoms with Crippen LogP contribution in [0.1, 0.15) is 26.4 Å². The van der Waals surface area contributed by atoms with Gasteiger partial charge in [0.1, 0.15) is 13.2 Å². The summed E-state index contributed by atoms with van der Waals surface area (Å²) in [5, 5.41) is 6.78. The van der Waals surface area contributed by atoms with E-state index < -0.39 is 0 Å². The van der Waals surface area contributed by atoms with Crippen LogP contribution in [0.4, 0.5) is 11.4 Å². The number of ether oxygens (including phenoxy) is 2. The van der Waals surface area contributed by atoms with Crippen molar-refractivity contribution in [3.8, 4) is 11.5 Å². The molecule has 6 heteroatoms. The zero-order valence-corrected chi connectivity index (χ0v) is 20.4. The van der Waals surface area contributed by atoms with E-state index in [1.165, 1.54) is 9.75 Å². The quantitative estimate of drug-likeness (QED) is 0.197. The first-order chi connectivity index (χ1) is 16.8. The van der Waals surface area contributed by atoms with Crippen molar-refractivity contribution in [3.05, 3.63) is 98.4 Å². The number of nitrogens with zero attached hydrogens (tertiary/aromatic N) is 2. The van der Waals surface area contributed by atoms with Gasteiger partial charge in [-0.05, 0) is 61.5 Å². The van der Waals surface area contributed by atoms with Gasteiger partial charge in [0, 0.05) is 9.75 Å². The van der Waals surface area contributed by atoms with Crippen LogP contribution in [0, 0.1) is 0 Å². The summed E-state index contributed by atoms with van der Waals surface area (Å²) in [6.07, 6.45) is 10.3. The number of benzene rings is 2. The summed E-state index contributed by atoms with van der Waals surface area (Å²) >= 11 is 3.38. The molecule has 4 aromatic rings. The minimum atomic E-state index is 0.534. The summed E-state index contributed by atoms with van der Waals surface area (Å²) in [5.74, 6) is 1.56. The lowest BCUT2D eigenvalue weighted by Gasteiger charge is -2.19. The minimum Gasteiger partial charge on any atom is -0.485 e. The van der Waals surface area contributed by atoms with Crippen molar-refractivity contribution in [1.29, 1.82) is 0 Å². The first-order valence-corrected chi connectivity index (χ1v) is 12.7. The molecule has 4 nitrogen and oxygen atoms in total. The predicted molar refractivity (Wildman–Crippen MR) is 146 cm³/mol.